The molecule has 1 fully saturated rings. The summed E-state index contributed by atoms with van der Waals surface area (Å²) in [5.41, 5.74) is 4.00. The van der Waals surface area contributed by atoms with Crippen LogP contribution in [0.4, 0.5) is 5.69 Å². The van der Waals surface area contributed by atoms with Crippen molar-refractivity contribution < 1.29 is 4.79 Å². The molecule has 0 saturated carbocycles. The van der Waals surface area contributed by atoms with Crippen LogP contribution in [0.25, 0.3) is 11.0 Å². The number of benzene rings is 2. The number of anilines is 1. The summed E-state index contributed by atoms with van der Waals surface area (Å²) in [6.07, 6.45) is 1.52. The summed E-state index contributed by atoms with van der Waals surface area (Å²) in [6, 6.07) is 13.9. The van der Waals surface area contributed by atoms with Gasteiger partial charge in [-0.1, -0.05) is 36.7 Å². The minimum Gasteiger partial charge on any atom is -0.328 e. The number of aromatic nitrogens is 2. The Balaban J connectivity index is 1.72. The van der Waals surface area contributed by atoms with Crippen molar-refractivity contribution in [3.63, 3.8) is 0 Å². The highest BCUT2D eigenvalue weighted by molar-refractivity contribution is 6.31. The molecule has 134 valence electrons. The molecule has 4 rings (SSSR count). The molecule has 2 aromatic carbocycles. The predicted molar refractivity (Wildman–Crippen MR) is 106 cm³/mol. The molecule has 1 aliphatic heterocycles. The monoisotopic (exact) mass is 367 g/mol. The normalized spacial score (nSPS) is 17.4. The van der Waals surface area contributed by atoms with Gasteiger partial charge < -0.3 is 9.47 Å². The van der Waals surface area contributed by atoms with Gasteiger partial charge in [0.25, 0.3) is 0 Å². The summed E-state index contributed by atoms with van der Waals surface area (Å²) in [5.74, 6) is 1.25. The molecule has 0 aliphatic carbocycles. The Morgan fingerprint density at radius 2 is 2.00 bits per heavy atom. The second kappa shape index (κ2) is 6.76. The Bertz CT molecular complexity index is 979. The molecular formula is C21H22ClN3O. The van der Waals surface area contributed by atoms with Crippen LogP contribution in [0.5, 0.6) is 0 Å². The van der Waals surface area contributed by atoms with Crippen LogP contribution in [0.3, 0.4) is 0 Å². The molecular weight excluding hydrogens is 346 g/mol. The quantitative estimate of drug-likeness (QED) is 0.655. The van der Waals surface area contributed by atoms with Crippen molar-refractivity contribution in [3.05, 3.63) is 58.9 Å². The van der Waals surface area contributed by atoms with E-state index in [4.69, 9.17) is 16.6 Å². The molecule has 1 atom stereocenters. The zero-order chi connectivity index (χ0) is 18.3. The van der Waals surface area contributed by atoms with Crippen LogP contribution in [0.1, 0.15) is 37.1 Å². The van der Waals surface area contributed by atoms with Crippen molar-refractivity contribution in [2.24, 2.45) is 0 Å². The maximum absolute atomic E-state index is 12.8. The van der Waals surface area contributed by atoms with E-state index in [1.165, 1.54) is 0 Å². The number of hydrogen-bond donors (Lipinski definition) is 0. The fourth-order valence-electron chi connectivity index (χ4n) is 3.87. The van der Waals surface area contributed by atoms with Gasteiger partial charge in [-0.2, -0.15) is 0 Å². The van der Waals surface area contributed by atoms with Crippen LogP contribution in [0, 0.1) is 6.92 Å². The first-order valence-electron chi connectivity index (χ1n) is 9.10. The highest BCUT2D eigenvalue weighted by Crippen LogP contribution is 2.36. The van der Waals surface area contributed by atoms with E-state index in [9.17, 15) is 4.79 Å². The molecule has 1 unspecified atom stereocenters. The van der Waals surface area contributed by atoms with Gasteiger partial charge >= 0.3 is 0 Å². The van der Waals surface area contributed by atoms with Crippen LogP contribution in [0.2, 0.25) is 5.02 Å². The number of para-hydroxylation sites is 2. The van der Waals surface area contributed by atoms with Gasteiger partial charge in [0, 0.05) is 36.1 Å². The van der Waals surface area contributed by atoms with Gasteiger partial charge in [0.2, 0.25) is 5.91 Å². The van der Waals surface area contributed by atoms with E-state index in [-0.39, 0.29) is 11.8 Å². The van der Waals surface area contributed by atoms with Gasteiger partial charge in [0.05, 0.1) is 11.0 Å². The van der Waals surface area contributed by atoms with Crippen LogP contribution in [0.15, 0.2) is 42.5 Å². The number of rotatable bonds is 4. The Hall–Kier alpha value is -2.33. The number of hydrogen-bond acceptors (Lipinski definition) is 2. The van der Waals surface area contributed by atoms with E-state index in [1.54, 1.807) is 0 Å². The second-order valence-corrected chi connectivity index (χ2v) is 7.31. The summed E-state index contributed by atoms with van der Waals surface area (Å²) in [4.78, 5) is 19.5. The average Bonchev–Trinajstić information content (AvgIpc) is 3.19. The lowest BCUT2D eigenvalue weighted by Crippen LogP contribution is -2.25. The maximum atomic E-state index is 12.8. The molecule has 4 nitrogen and oxygen atoms in total. The Morgan fingerprint density at radius 1 is 1.19 bits per heavy atom. The molecule has 0 spiro atoms. The maximum Gasteiger partial charge on any atom is 0.227 e. The summed E-state index contributed by atoms with van der Waals surface area (Å²) in [6.45, 7) is 5.69. The van der Waals surface area contributed by atoms with Gasteiger partial charge in [-0.05, 0) is 43.2 Å². The molecule has 2 heterocycles. The van der Waals surface area contributed by atoms with E-state index in [1.807, 2.05) is 48.2 Å². The number of fused-ring (bicyclic) bond motifs is 1. The zero-order valence-corrected chi connectivity index (χ0v) is 15.8. The molecule has 1 amide bonds. The van der Waals surface area contributed by atoms with Gasteiger partial charge in [0.1, 0.15) is 5.82 Å². The van der Waals surface area contributed by atoms with Crippen LogP contribution in [-0.2, 0) is 11.3 Å². The zero-order valence-electron chi connectivity index (χ0n) is 15.1. The largest absolute Gasteiger partial charge is 0.328 e. The first kappa shape index (κ1) is 17.1. The number of carbonyl (C=O) groups excluding carboxylic acids is 1. The van der Waals surface area contributed by atoms with Crippen LogP contribution in [-0.4, -0.2) is 22.0 Å². The molecule has 0 radical (unpaired) electrons. The number of amides is 1. The van der Waals surface area contributed by atoms with Crippen LogP contribution < -0.4 is 4.90 Å². The van der Waals surface area contributed by atoms with E-state index < -0.39 is 0 Å². The lowest BCUT2D eigenvalue weighted by atomic mass is 10.1. The fourth-order valence-corrected chi connectivity index (χ4v) is 4.04. The van der Waals surface area contributed by atoms with Crippen molar-refractivity contribution in [1.82, 2.24) is 9.55 Å². The first-order valence-corrected chi connectivity index (χ1v) is 9.48. The molecule has 5 heteroatoms. The second-order valence-electron chi connectivity index (χ2n) is 6.90. The third-order valence-corrected chi connectivity index (χ3v) is 5.56. The molecule has 1 aromatic heterocycles. The van der Waals surface area contributed by atoms with Gasteiger partial charge in [-0.3, -0.25) is 4.79 Å². The molecule has 1 saturated heterocycles. The highest BCUT2D eigenvalue weighted by atomic mass is 35.5. The van der Waals surface area contributed by atoms with E-state index in [0.29, 0.717) is 18.0 Å². The third-order valence-electron chi connectivity index (χ3n) is 5.15. The third kappa shape index (κ3) is 2.78. The van der Waals surface area contributed by atoms with Gasteiger partial charge in [-0.25, -0.2) is 4.98 Å². The number of carbonyl (C=O) groups is 1. The average molecular weight is 368 g/mol. The molecule has 26 heavy (non-hydrogen) atoms. The smallest absolute Gasteiger partial charge is 0.227 e. The van der Waals surface area contributed by atoms with E-state index in [0.717, 1.165) is 41.1 Å². The Morgan fingerprint density at radius 3 is 2.81 bits per heavy atom. The molecule has 1 aliphatic rings. The van der Waals surface area contributed by atoms with Crippen molar-refractivity contribution in [3.8, 4) is 0 Å². The van der Waals surface area contributed by atoms with Crippen molar-refractivity contribution in [2.45, 2.75) is 39.2 Å². The molecule has 0 N–H and O–H groups in total. The highest BCUT2D eigenvalue weighted by Gasteiger charge is 2.35. The lowest BCUT2D eigenvalue weighted by molar-refractivity contribution is -0.117. The van der Waals surface area contributed by atoms with Crippen LogP contribution >= 0.6 is 11.6 Å². The summed E-state index contributed by atoms with van der Waals surface area (Å²) >= 11 is 6.26. The standard InChI is InChI=1S/C21H22ClN3O/c1-3-11-24-19-9-5-4-8-17(19)23-21(24)15-12-20(26)25(13-15)18-10-6-7-16(22)14(18)2/h4-10,15H,3,11-13H2,1-2H3. The first-order chi connectivity index (χ1) is 12.6. The van der Waals surface area contributed by atoms with Gasteiger partial charge in [0.15, 0.2) is 0 Å². The number of nitrogens with zero attached hydrogens (tertiary/aromatic N) is 3. The summed E-state index contributed by atoms with van der Waals surface area (Å²) in [7, 11) is 0. The predicted octanol–water partition coefficient (Wildman–Crippen LogP) is 4.93. The van der Waals surface area contributed by atoms with E-state index >= 15 is 0 Å². The van der Waals surface area contributed by atoms with Gasteiger partial charge in [-0.15, -0.1) is 0 Å². The molecule has 3 aromatic rings. The Kier molecular flexibility index (Phi) is 4.45. The number of aryl methyl sites for hydroxylation is 1. The summed E-state index contributed by atoms with van der Waals surface area (Å²) < 4.78 is 2.28. The number of halogens is 1. The minimum atomic E-state index is 0.0971. The Labute approximate surface area is 158 Å². The SMILES string of the molecule is CCCn1c(C2CC(=O)N(c3cccc(Cl)c3C)C2)nc2ccccc21. The van der Waals surface area contributed by atoms with Crippen molar-refractivity contribution in [2.75, 3.05) is 11.4 Å². The summed E-state index contributed by atoms with van der Waals surface area (Å²) in [5, 5.41) is 0.692. The fraction of sp³-hybridized carbons (Fsp3) is 0.333. The van der Waals surface area contributed by atoms with Crippen molar-refractivity contribution >= 4 is 34.2 Å². The van der Waals surface area contributed by atoms with E-state index in [2.05, 4.69) is 17.6 Å². The molecule has 0 bridgehead atoms. The lowest BCUT2D eigenvalue weighted by Gasteiger charge is -2.20. The van der Waals surface area contributed by atoms with Crippen molar-refractivity contribution in [1.29, 1.82) is 0 Å². The topological polar surface area (TPSA) is 38.1 Å². The minimum absolute atomic E-state index is 0.0971. The number of imidazole rings is 1.